The van der Waals surface area contributed by atoms with Gasteiger partial charge in [0.2, 0.25) is 11.7 Å². The van der Waals surface area contributed by atoms with E-state index >= 15 is 14.4 Å². The number of piperidine rings is 1. The maximum absolute atomic E-state index is 15.4. The van der Waals surface area contributed by atoms with E-state index in [4.69, 9.17) is 23.9 Å². The molecule has 9 atom stereocenters. The van der Waals surface area contributed by atoms with E-state index in [1.165, 1.54) is 46.3 Å². The second-order valence-electron chi connectivity index (χ2n) is 21.5. The minimum Gasteiger partial charge on any atom is -0.507 e. The zero-order valence-corrected chi connectivity index (χ0v) is 44.9. The number of ketones is 2. The van der Waals surface area contributed by atoms with Crippen molar-refractivity contribution in [3.63, 3.8) is 0 Å². The molecule has 1 aromatic carbocycles. The zero-order valence-electron chi connectivity index (χ0n) is 44.9. The second-order valence-corrected chi connectivity index (χ2v) is 21.5. The Labute approximate surface area is 431 Å². The molecule has 5 aliphatic heterocycles. The Morgan fingerprint density at radius 3 is 2.23 bits per heavy atom. The minimum absolute atomic E-state index is 0.0113. The van der Waals surface area contributed by atoms with Crippen molar-refractivity contribution in [1.29, 1.82) is 0 Å². The Balaban J connectivity index is 1.53. The third kappa shape index (κ3) is 11.8. The van der Waals surface area contributed by atoms with E-state index in [1.807, 2.05) is 6.08 Å². The molecule has 1 aliphatic carbocycles. The molecule has 16 heteroatoms. The molecule has 1 fully saturated rings. The molecule has 1 aromatic rings. The molecule has 0 saturated carbocycles. The topological polar surface area (TPSA) is 214 Å². The van der Waals surface area contributed by atoms with Crippen LogP contribution in [-0.4, -0.2) is 123 Å². The van der Waals surface area contributed by atoms with Crippen LogP contribution in [0, 0.1) is 36.5 Å². The fourth-order valence-electron chi connectivity index (χ4n) is 11.2. The quantitative estimate of drug-likeness (QED) is 0.0835. The van der Waals surface area contributed by atoms with Crippen molar-refractivity contribution < 1.29 is 58.2 Å². The van der Waals surface area contributed by atoms with Crippen molar-refractivity contribution in [2.75, 3.05) is 26.7 Å². The summed E-state index contributed by atoms with van der Waals surface area (Å²) in [6, 6.07) is 0. The number of aliphatic hydroxyl groups is 2. The molecule has 1 spiro atoms. The number of esters is 1. The molecule has 73 heavy (non-hydrogen) atoms. The van der Waals surface area contributed by atoms with Gasteiger partial charge < -0.3 is 44.5 Å². The first-order valence-electron chi connectivity index (χ1n) is 26.3. The van der Waals surface area contributed by atoms with E-state index in [9.17, 15) is 24.9 Å². The van der Waals surface area contributed by atoms with Crippen LogP contribution in [0.5, 0.6) is 11.5 Å². The number of aliphatic imine (C=N–C) groups is 1. The standard InChI is InChI=1S/C57H80N4O12/c1-13-14-15-16-17-18-19-20-24-41(63)61-47-45(59-57(61)26-28-60(29-27-57)31-32(2)3)42-43-50(66)38(9)53-44(42)54(68)56(11,73-53)71-30-25-40(70-12)35(6)52(72-39(10)62)37(8)49(65)36(7)48(64)33(4)22-21-23-34(5)55(69)58-46(47)51(43)67/h13,21-23,25,30,32-33,35-37,40,48-49,52,64-66H,1,14-20,24,26-29,31H2,2-12H3,(H,58,69)/b22-21-,30-25?,34-23-/t33-,35+,36+,37+,40-,48-,49+,52+,56-/m0/s1. The number of methoxy groups -OCH3 is 1. The highest BCUT2D eigenvalue weighted by Gasteiger charge is 2.58. The van der Waals surface area contributed by atoms with Crippen molar-refractivity contribution >= 4 is 35.1 Å². The van der Waals surface area contributed by atoms with Gasteiger partial charge in [-0.2, -0.15) is 0 Å². The van der Waals surface area contributed by atoms with Gasteiger partial charge in [0.1, 0.15) is 29.0 Å². The average Bonchev–Trinajstić information content (AvgIpc) is 3.82. The Bertz CT molecular complexity index is 2440. The lowest BCUT2D eigenvalue weighted by Crippen LogP contribution is -2.54. The highest BCUT2D eigenvalue weighted by molar-refractivity contribution is 6.35. The van der Waals surface area contributed by atoms with Crippen LogP contribution in [0.1, 0.15) is 158 Å². The van der Waals surface area contributed by atoms with Crippen LogP contribution in [0.25, 0.3) is 0 Å². The smallest absolute Gasteiger partial charge is 0.312 e. The molecule has 16 nitrogen and oxygen atoms in total. The fraction of sp³-hybridized carbons (Fsp3) is 0.614. The van der Waals surface area contributed by atoms with Gasteiger partial charge in [-0.05, 0) is 45.1 Å². The van der Waals surface area contributed by atoms with Crippen LogP contribution >= 0.6 is 0 Å². The molecular weight excluding hydrogens is 933 g/mol. The third-order valence-electron chi connectivity index (χ3n) is 15.5. The van der Waals surface area contributed by atoms with Crippen molar-refractivity contribution in [2.45, 2.75) is 169 Å². The van der Waals surface area contributed by atoms with Crippen LogP contribution in [-0.2, 0) is 28.6 Å². The van der Waals surface area contributed by atoms with Crippen molar-refractivity contribution in [3.05, 3.63) is 82.4 Å². The summed E-state index contributed by atoms with van der Waals surface area (Å²) in [6.07, 6.45) is 13.0. The molecule has 2 amide bonds. The number of aliphatic hydroxyl groups excluding tert-OH is 2. The van der Waals surface area contributed by atoms with E-state index in [0.29, 0.717) is 38.3 Å². The highest BCUT2D eigenvalue weighted by Crippen LogP contribution is 2.52. The number of nitrogens with zero attached hydrogens (tertiary/aromatic N) is 3. The lowest BCUT2D eigenvalue weighted by molar-refractivity contribution is -0.160. The first kappa shape index (κ1) is 56.9. The molecule has 5 heterocycles. The number of carbonyl (C=O) groups excluding carboxylic acids is 5. The van der Waals surface area contributed by atoms with Gasteiger partial charge >= 0.3 is 11.8 Å². The van der Waals surface area contributed by atoms with Gasteiger partial charge in [0, 0.05) is 100 Å². The normalized spacial score (nSPS) is 29.8. The molecule has 0 radical (unpaired) electrons. The van der Waals surface area contributed by atoms with Crippen LogP contribution in [0.15, 0.2) is 65.2 Å². The van der Waals surface area contributed by atoms with Gasteiger partial charge in [-0.25, -0.2) is 0 Å². The Morgan fingerprint density at radius 1 is 0.945 bits per heavy atom. The summed E-state index contributed by atoms with van der Waals surface area (Å²) in [5.74, 6) is -7.78. The Morgan fingerprint density at radius 2 is 1.60 bits per heavy atom. The number of carbonyl (C=O) groups is 5. The predicted molar refractivity (Wildman–Crippen MR) is 278 cm³/mol. The van der Waals surface area contributed by atoms with Crippen molar-refractivity contribution in [2.24, 2.45) is 34.6 Å². The lowest BCUT2D eigenvalue weighted by Gasteiger charge is -2.44. The number of phenols is 1. The summed E-state index contributed by atoms with van der Waals surface area (Å²) in [4.78, 5) is 81.9. The van der Waals surface area contributed by atoms with Gasteiger partial charge in [-0.1, -0.05) is 91.5 Å². The summed E-state index contributed by atoms with van der Waals surface area (Å²) in [6.45, 7) is 22.8. The molecule has 0 unspecified atom stereocenters. The van der Waals surface area contributed by atoms with Gasteiger partial charge in [0.15, 0.2) is 0 Å². The number of hydrogen-bond donors (Lipinski definition) is 4. The first-order valence-corrected chi connectivity index (χ1v) is 26.3. The molecule has 400 valence electrons. The van der Waals surface area contributed by atoms with E-state index in [2.05, 4.69) is 30.6 Å². The number of likely N-dealkylation sites (tertiary alicyclic amines) is 1. The summed E-state index contributed by atoms with van der Waals surface area (Å²) in [7, 11) is 1.46. The van der Waals surface area contributed by atoms with Crippen molar-refractivity contribution in [3.8, 4) is 11.5 Å². The molecular formula is C57H80N4O12. The Hall–Kier alpha value is -5.42. The SMILES string of the molecule is C=CCCCCCCCCC(=O)N1C2=C3NC(=O)/C(C)=C\C=C/[C@H](C)[C@H](O)[C@@H](C)[C@@H](O)[C@@H](C)[C@H](OC(C)=O)[C@H](C)[C@@H](OC)C=CO[C@@]4(C)Oc5c(C)c(O)c(c(c5C4=O)C2=NC12CCN(CC(C)C)CC2)C3=O. The van der Waals surface area contributed by atoms with E-state index in [1.54, 1.807) is 51.7 Å². The monoisotopic (exact) mass is 1010 g/mol. The maximum Gasteiger partial charge on any atom is 0.312 e. The summed E-state index contributed by atoms with van der Waals surface area (Å²) >= 11 is 0. The molecule has 7 rings (SSSR count). The molecule has 1 saturated heterocycles. The van der Waals surface area contributed by atoms with Gasteiger partial charge in [0.25, 0.3) is 11.7 Å². The maximum atomic E-state index is 15.4. The number of benzene rings is 1. The molecule has 6 aliphatic rings. The number of Topliss-reactive ketones (excluding diaryl/α,β-unsaturated/α-hetero) is 2. The van der Waals surface area contributed by atoms with E-state index in [0.717, 1.165) is 45.1 Å². The second kappa shape index (κ2) is 23.8. The highest BCUT2D eigenvalue weighted by atomic mass is 16.7. The fourth-order valence-corrected chi connectivity index (χ4v) is 11.2. The van der Waals surface area contributed by atoms with E-state index < -0.39 is 88.7 Å². The van der Waals surface area contributed by atoms with Crippen LogP contribution in [0.3, 0.4) is 0 Å². The number of rotatable bonds is 13. The molecule has 5 bridgehead atoms. The first-order chi connectivity index (χ1) is 34.5. The summed E-state index contributed by atoms with van der Waals surface area (Å²) in [5.41, 5.74) is -1.39. The number of unbranched alkanes of at least 4 members (excludes halogenated alkanes) is 6. The number of allylic oxidation sites excluding steroid dienone is 5. The number of fused-ring (bicyclic) bond motifs is 13. The predicted octanol–water partition coefficient (Wildman–Crippen LogP) is 8.16. The number of aromatic hydroxyl groups is 1. The van der Waals surface area contributed by atoms with Gasteiger partial charge in [0.05, 0.1) is 47.1 Å². The number of amides is 2. The van der Waals surface area contributed by atoms with Crippen LogP contribution < -0.4 is 10.1 Å². The minimum atomic E-state index is -2.06. The molecule has 4 N–H and O–H groups in total. The largest absolute Gasteiger partial charge is 0.507 e. The number of phenolic OH excluding ortho intramolecular Hbond substituents is 1. The summed E-state index contributed by atoms with van der Waals surface area (Å²) < 4.78 is 24.3. The average molecular weight is 1010 g/mol. The zero-order chi connectivity index (χ0) is 53.7. The van der Waals surface area contributed by atoms with Crippen molar-refractivity contribution in [1.82, 2.24) is 15.1 Å². The third-order valence-corrected chi connectivity index (χ3v) is 15.5. The number of ether oxygens (including phenoxy) is 4. The van der Waals surface area contributed by atoms with Crippen LogP contribution in [0.4, 0.5) is 0 Å². The molecule has 0 aromatic heterocycles. The van der Waals surface area contributed by atoms with Gasteiger partial charge in [-0.3, -0.25) is 33.9 Å². The Kier molecular flexibility index (Phi) is 18.6. The number of nitrogens with one attached hydrogen (secondary N) is 1. The van der Waals surface area contributed by atoms with E-state index in [-0.39, 0.29) is 63.0 Å². The summed E-state index contributed by atoms with van der Waals surface area (Å²) in [5, 5.41) is 38.2. The van der Waals surface area contributed by atoms with Crippen LogP contribution in [0.2, 0.25) is 0 Å². The lowest BCUT2D eigenvalue weighted by atomic mass is 9.78. The van der Waals surface area contributed by atoms with Gasteiger partial charge in [-0.15, -0.1) is 6.58 Å². The number of hydrogen-bond acceptors (Lipinski definition) is 14.